The van der Waals surface area contributed by atoms with Crippen LogP contribution < -0.4 is 0 Å². The molecule has 2 aliphatic heterocycles. The molecule has 1 atom stereocenters. The fourth-order valence-electron chi connectivity index (χ4n) is 4.42. The summed E-state index contributed by atoms with van der Waals surface area (Å²) in [5.74, 6) is 0.299. The van der Waals surface area contributed by atoms with E-state index < -0.39 is 10.0 Å². The van der Waals surface area contributed by atoms with Crippen molar-refractivity contribution in [1.29, 1.82) is 0 Å². The van der Waals surface area contributed by atoms with E-state index in [0.29, 0.717) is 25.6 Å². The molecule has 2 heterocycles. The second-order valence-electron chi connectivity index (χ2n) is 7.77. The minimum Gasteiger partial charge on any atom is -0.384 e. The molecule has 0 saturated carbocycles. The van der Waals surface area contributed by atoms with Crippen molar-refractivity contribution in [3.05, 3.63) is 35.4 Å². The highest BCUT2D eigenvalue weighted by Crippen LogP contribution is 2.45. The number of piperidine rings is 1. The second kappa shape index (κ2) is 7.35. The normalized spacial score (nSPS) is 24.8. The average molecular weight is 367 g/mol. The fraction of sp³-hybridized carbons (Fsp3) is 0.684. The number of methoxy groups -OCH3 is 1. The number of likely N-dealkylation sites (tertiary alicyclic amines) is 1. The van der Waals surface area contributed by atoms with Crippen molar-refractivity contribution >= 4 is 10.0 Å². The molecule has 5 nitrogen and oxygen atoms in total. The molecule has 2 saturated heterocycles. The largest absolute Gasteiger partial charge is 0.384 e. The monoisotopic (exact) mass is 366 g/mol. The van der Waals surface area contributed by atoms with Gasteiger partial charge in [0.1, 0.15) is 0 Å². The van der Waals surface area contributed by atoms with Crippen LogP contribution in [0.15, 0.2) is 24.3 Å². The summed E-state index contributed by atoms with van der Waals surface area (Å²) in [6.45, 7) is 7.08. The van der Waals surface area contributed by atoms with Gasteiger partial charge in [0.05, 0.1) is 12.9 Å². The van der Waals surface area contributed by atoms with E-state index in [1.165, 1.54) is 17.4 Å². The van der Waals surface area contributed by atoms with Gasteiger partial charge in [0.25, 0.3) is 0 Å². The minimum atomic E-state index is -3.13. The van der Waals surface area contributed by atoms with Crippen LogP contribution in [0.3, 0.4) is 0 Å². The van der Waals surface area contributed by atoms with Crippen molar-refractivity contribution in [2.24, 2.45) is 11.3 Å². The molecule has 6 heteroatoms. The molecule has 2 fully saturated rings. The van der Waals surface area contributed by atoms with Crippen LogP contribution in [-0.4, -0.2) is 63.8 Å². The molecule has 0 bridgehead atoms. The van der Waals surface area contributed by atoms with Gasteiger partial charge < -0.3 is 4.74 Å². The molecule has 140 valence electrons. The van der Waals surface area contributed by atoms with Crippen LogP contribution in [0, 0.1) is 18.3 Å². The van der Waals surface area contributed by atoms with E-state index >= 15 is 0 Å². The summed E-state index contributed by atoms with van der Waals surface area (Å²) in [5, 5.41) is 0. The molecule has 0 radical (unpaired) electrons. The Morgan fingerprint density at radius 3 is 2.52 bits per heavy atom. The van der Waals surface area contributed by atoms with Gasteiger partial charge in [-0.15, -0.1) is 0 Å². The fourth-order valence-corrected chi connectivity index (χ4v) is 5.36. The Morgan fingerprint density at radius 2 is 1.92 bits per heavy atom. The number of rotatable bonds is 5. The highest BCUT2D eigenvalue weighted by atomic mass is 32.2. The molecule has 2 aliphatic rings. The van der Waals surface area contributed by atoms with Gasteiger partial charge >= 0.3 is 0 Å². The van der Waals surface area contributed by atoms with E-state index in [0.717, 1.165) is 32.5 Å². The van der Waals surface area contributed by atoms with Crippen LogP contribution in [0.25, 0.3) is 0 Å². The van der Waals surface area contributed by atoms with Crippen molar-refractivity contribution < 1.29 is 13.2 Å². The van der Waals surface area contributed by atoms with Gasteiger partial charge in [0.15, 0.2) is 0 Å². The smallest absolute Gasteiger partial charge is 0.211 e. The standard InChI is InChI=1S/C19H30N2O3S/c1-16-6-4-5-7-17(16)12-20-10-8-19(9-11-20)15-21(25(3,22)23)13-18(19)14-24-2/h4-7,18H,8-15H2,1-3H3/t18-/m1/s1. The maximum absolute atomic E-state index is 12.0. The molecule has 3 rings (SSSR count). The van der Waals surface area contributed by atoms with E-state index in [1.807, 2.05) is 0 Å². The molecule has 1 aromatic carbocycles. The first-order valence-electron chi connectivity index (χ1n) is 9.05. The molecule has 0 N–H and O–H groups in total. The quantitative estimate of drug-likeness (QED) is 0.801. The number of nitrogens with zero attached hydrogens (tertiary/aromatic N) is 2. The van der Waals surface area contributed by atoms with Crippen LogP contribution in [0.1, 0.15) is 24.0 Å². The lowest BCUT2D eigenvalue weighted by molar-refractivity contribution is 0.0357. The molecule has 1 spiro atoms. The number of hydrogen-bond acceptors (Lipinski definition) is 4. The van der Waals surface area contributed by atoms with Crippen molar-refractivity contribution in [1.82, 2.24) is 9.21 Å². The van der Waals surface area contributed by atoms with Crippen LogP contribution >= 0.6 is 0 Å². The Balaban J connectivity index is 1.67. The maximum Gasteiger partial charge on any atom is 0.211 e. The summed E-state index contributed by atoms with van der Waals surface area (Å²) in [6, 6.07) is 8.55. The molecule has 0 unspecified atom stereocenters. The Hall–Kier alpha value is -0.950. The Labute approximate surface area is 152 Å². The third kappa shape index (κ3) is 4.08. The first-order valence-corrected chi connectivity index (χ1v) is 10.9. The van der Waals surface area contributed by atoms with E-state index in [-0.39, 0.29) is 5.41 Å². The molecular formula is C19H30N2O3S. The van der Waals surface area contributed by atoms with Gasteiger partial charge in [-0.05, 0) is 49.4 Å². The first kappa shape index (κ1) is 18.8. The Kier molecular flexibility index (Phi) is 5.54. The zero-order valence-corrected chi connectivity index (χ0v) is 16.4. The molecule has 25 heavy (non-hydrogen) atoms. The van der Waals surface area contributed by atoms with E-state index in [2.05, 4.69) is 36.1 Å². The van der Waals surface area contributed by atoms with Gasteiger partial charge in [0.2, 0.25) is 10.0 Å². The van der Waals surface area contributed by atoms with Crippen LogP contribution in [0.2, 0.25) is 0 Å². The van der Waals surface area contributed by atoms with Crippen molar-refractivity contribution in [2.75, 3.05) is 46.2 Å². The number of benzene rings is 1. The lowest BCUT2D eigenvalue weighted by Crippen LogP contribution is -2.45. The summed E-state index contributed by atoms with van der Waals surface area (Å²) in [7, 11) is -1.42. The number of sulfonamides is 1. The first-order chi connectivity index (χ1) is 11.8. The number of ether oxygens (including phenoxy) is 1. The topological polar surface area (TPSA) is 49.9 Å². The van der Waals surface area contributed by atoms with Crippen molar-refractivity contribution in [3.8, 4) is 0 Å². The van der Waals surface area contributed by atoms with E-state index in [9.17, 15) is 8.42 Å². The zero-order chi connectivity index (χ0) is 18.1. The lowest BCUT2D eigenvalue weighted by atomic mass is 9.71. The SMILES string of the molecule is COC[C@H]1CN(S(C)(=O)=O)CC12CCN(Cc1ccccc1C)CC2. The minimum absolute atomic E-state index is 0.0708. The molecule has 0 amide bonds. The number of hydrogen-bond donors (Lipinski definition) is 0. The summed E-state index contributed by atoms with van der Waals surface area (Å²) in [5.41, 5.74) is 2.79. The summed E-state index contributed by atoms with van der Waals surface area (Å²) < 4.78 is 31.1. The highest BCUT2D eigenvalue weighted by molar-refractivity contribution is 7.88. The van der Waals surface area contributed by atoms with Gasteiger partial charge in [0, 0.05) is 32.7 Å². The van der Waals surface area contributed by atoms with Crippen molar-refractivity contribution in [2.45, 2.75) is 26.3 Å². The number of aryl methyl sites for hydroxylation is 1. The average Bonchev–Trinajstić information content (AvgIpc) is 2.91. The second-order valence-corrected chi connectivity index (χ2v) is 9.76. The molecule has 1 aromatic rings. The van der Waals surface area contributed by atoms with Gasteiger partial charge in [-0.3, -0.25) is 4.90 Å². The third-order valence-electron chi connectivity index (χ3n) is 6.13. The van der Waals surface area contributed by atoms with Crippen LogP contribution in [0.5, 0.6) is 0 Å². The predicted octanol–water partition coefficient (Wildman–Crippen LogP) is 2.12. The van der Waals surface area contributed by atoms with Gasteiger partial charge in [-0.25, -0.2) is 12.7 Å². The van der Waals surface area contributed by atoms with Crippen molar-refractivity contribution in [3.63, 3.8) is 0 Å². The third-order valence-corrected chi connectivity index (χ3v) is 7.34. The lowest BCUT2D eigenvalue weighted by Gasteiger charge is -2.42. The molecule has 0 aliphatic carbocycles. The Morgan fingerprint density at radius 1 is 1.24 bits per heavy atom. The van der Waals surface area contributed by atoms with Gasteiger partial charge in [-0.2, -0.15) is 0 Å². The van der Waals surface area contributed by atoms with E-state index in [1.54, 1.807) is 11.4 Å². The molecule has 0 aromatic heterocycles. The maximum atomic E-state index is 12.0. The predicted molar refractivity (Wildman–Crippen MR) is 99.9 cm³/mol. The summed E-state index contributed by atoms with van der Waals surface area (Å²) in [4.78, 5) is 2.50. The molecular weight excluding hydrogens is 336 g/mol. The highest BCUT2D eigenvalue weighted by Gasteiger charge is 2.49. The van der Waals surface area contributed by atoms with Gasteiger partial charge in [-0.1, -0.05) is 24.3 Å². The zero-order valence-electron chi connectivity index (χ0n) is 15.6. The Bertz CT molecular complexity index is 696. The van der Waals surface area contributed by atoms with Crippen LogP contribution in [0.4, 0.5) is 0 Å². The summed E-state index contributed by atoms with van der Waals surface area (Å²) >= 11 is 0. The van der Waals surface area contributed by atoms with E-state index in [4.69, 9.17) is 4.74 Å². The van der Waals surface area contributed by atoms with Crippen LogP contribution in [-0.2, 0) is 21.3 Å². The summed E-state index contributed by atoms with van der Waals surface area (Å²) in [6.07, 6.45) is 3.40.